The van der Waals surface area contributed by atoms with Crippen LogP contribution in [-0.4, -0.2) is 44.2 Å². The van der Waals surface area contributed by atoms with Gasteiger partial charge in [-0.05, 0) is 48.5 Å². The van der Waals surface area contributed by atoms with Crippen molar-refractivity contribution in [3.05, 3.63) is 48.5 Å². The summed E-state index contributed by atoms with van der Waals surface area (Å²) in [5, 5.41) is 8.17. The van der Waals surface area contributed by atoms with E-state index in [0.29, 0.717) is 11.4 Å². The third-order valence-corrected chi connectivity index (χ3v) is 5.74. The van der Waals surface area contributed by atoms with Gasteiger partial charge in [0.1, 0.15) is 0 Å². The van der Waals surface area contributed by atoms with Gasteiger partial charge in [-0.25, -0.2) is 0 Å². The Morgan fingerprint density at radius 2 is 1.33 bits per heavy atom. The third-order valence-electron chi connectivity index (χ3n) is 4.25. The molecule has 0 aromatic heterocycles. The summed E-state index contributed by atoms with van der Waals surface area (Å²) in [6.45, 7) is 3.62. The van der Waals surface area contributed by atoms with E-state index < -0.39 is 15.1 Å². The highest BCUT2D eigenvalue weighted by Gasteiger charge is 2.19. The van der Waals surface area contributed by atoms with Gasteiger partial charge in [0.05, 0.1) is 21.0 Å². The van der Waals surface area contributed by atoms with E-state index >= 15 is 0 Å². The number of rotatable bonds is 5. The molecule has 1 fully saturated rings. The second kappa shape index (κ2) is 8.59. The average Bonchev–Trinajstić information content (AvgIpc) is 2.66. The molecule has 1 aliphatic heterocycles. The average molecular weight is 427 g/mol. The van der Waals surface area contributed by atoms with Gasteiger partial charge in [0, 0.05) is 31.9 Å². The first kappa shape index (κ1) is 20.1. The monoisotopic (exact) mass is 426 g/mol. The first-order chi connectivity index (χ1) is 12.8. The first-order valence-corrected chi connectivity index (χ1v) is 10.7. The van der Waals surface area contributed by atoms with E-state index in [4.69, 9.17) is 0 Å². The number of azo groups is 1. The van der Waals surface area contributed by atoms with Crippen LogP contribution < -0.4 is 4.90 Å². The van der Waals surface area contributed by atoms with Gasteiger partial charge in [-0.3, -0.25) is 4.90 Å². The van der Waals surface area contributed by atoms with E-state index in [9.17, 15) is 12.3 Å². The van der Waals surface area contributed by atoms with Gasteiger partial charge in [0.15, 0.2) is 0 Å². The second-order valence-corrected chi connectivity index (χ2v) is 8.75. The highest BCUT2D eigenvalue weighted by Crippen LogP contribution is 2.24. The van der Waals surface area contributed by atoms with Gasteiger partial charge in [-0.2, -0.15) is 18.6 Å². The molecule has 0 unspecified atom stereocenters. The fraction of sp³-hybridized carbons (Fsp3) is 0.294. The van der Waals surface area contributed by atoms with Crippen LogP contribution in [0.5, 0.6) is 0 Å². The molecule has 10 heteroatoms. The van der Waals surface area contributed by atoms with Gasteiger partial charge >= 0.3 is 10.2 Å². The zero-order chi connectivity index (χ0) is 19.4. The lowest BCUT2D eigenvalue weighted by molar-refractivity contribution is 0.287. The van der Waals surface area contributed by atoms with Gasteiger partial charge in [0.2, 0.25) is 0 Å². The summed E-state index contributed by atoms with van der Waals surface area (Å²) in [6, 6.07) is 12.8. The number of benzene rings is 2. The first-order valence-electron chi connectivity index (χ1n) is 8.24. The predicted octanol–water partition coefficient (Wildman–Crippen LogP) is 4.03. The fourth-order valence-electron chi connectivity index (χ4n) is 2.73. The molecule has 2 aromatic carbocycles. The maximum absolute atomic E-state index is 12.9. The Hall–Kier alpha value is -1.62. The van der Waals surface area contributed by atoms with Crippen molar-refractivity contribution in [2.45, 2.75) is 9.60 Å². The molecule has 0 aliphatic carbocycles. The van der Waals surface area contributed by atoms with Gasteiger partial charge < -0.3 is 4.90 Å². The van der Waals surface area contributed by atoms with Crippen LogP contribution in [0.1, 0.15) is 0 Å². The molecule has 144 valence electrons. The van der Waals surface area contributed by atoms with Crippen molar-refractivity contribution in [2.24, 2.45) is 10.2 Å². The van der Waals surface area contributed by atoms with E-state index in [-0.39, 0.29) is 4.71 Å². The van der Waals surface area contributed by atoms with Crippen LogP contribution in [0.25, 0.3) is 0 Å². The maximum Gasteiger partial charge on any atom is 0.332 e. The van der Waals surface area contributed by atoms with Crippen LogP contribution in [-0.2, 0) is 10.2 Å². The lowest BCUT2D eigenvalue weighted by atomic mass is 10.2. The minimum Gasteiger partial charge on any atom is -0.369 e. The summed E-state index contributed by atoms with van der Waals surface area (Å²) < 4.78 is 34.4. The topological polar surface area (TPSA) is 65.3 Å². The van der Waals surface area contributed by atoms with Crippen LogP contribution in [0.2, 0.25) is 0 Å². The molecule has 0 radical (unpaired) electrons. The van der Waals surface area contributed by atoms with Crippen LogP contribution in [0.4, 0.5) is 20.9 Å². The normalized spacial score (nSPS) is 16.4. The molecule has 6 nitrogen and oxygen atoms in total. The van der Waals surface area contributed by atoms with Crippen molar-refractivity contribution in [1.29, 1.82) is 0 Å². The molecule has 1 aliphatic rings. The van der Waals surface area contributed by atoms with Crippen molar-refractivity contribution in [2.75, 3.05) is 31.1 Å². The summed E-state index contributed by atoms with van der Waals surface area (Å²) in [7, 11) is -4.70. The molecule has 0 saturated carbocycles. The number of piperazine rings is 1. The third kappa shape index (κ3) is 5.44. The minimum absolute atomic E-state index is 0.0333. The highest BCUT2D eigenvalue weighted by atomic mass is 32.3. The van der Waals surface area contributed by atoms with Crippen molar-refractivity contribution < 1.29 is 12.3 Å². The summed E-state index contributed by atoms with van der Waals surface area (Å²) >= 11 is 8.69. The number of nitrogens with zero attached hydrogens (tertiary/aromatic N) is 4. The van der Waals surface area contributed by atoms with Gasteiger partial charge in [-0.1, -0.05) is 0 Å². The molecule has 27 heavy (non-hydrogen) atoms. The van der Waals surface area contributed by atoms with E-state index in [1.807, 2.05) is 24.3 Å². The van der Waals surface area contributed by atoms with Crippen molar-refractivity contribution in [1.82, 2.24) is 4.90 Å². The van der Waals surface area contributed by atoms with Crippen LogP contribution in [0.15, 0.2) is 63.7 Å². The Kier molecular flexibility index (Phi) is 6.40. The Balaban J connectivity index is 1.61. The number of anilines is 1. The Bertz CT molecular complexity index is 895. The van der Waals surface area contributed by atoms with E-state index in [0.717, 1.165) is 44.0 Å². The molecule has 1 heterocycles. The quantitative estimate of drug-likeness (QED) is 0.328. The van der Waals surface area contributed by atoms with Crippen LogP contribution in [0.3, 0.4) is 0 Å². The molecule has 0 bridgehead atoms. The lowest BCUT2D eigenvalue weighted by Crippen LogP contribution is -2.47. The smallest absolute Gasteiger partial charge is 0.332 e. The number of thiol groups is 2. The Labute approximate surface area is 169 Å². The van der Waals surface area contributed by atoms with Crippen LogP contribution in [0, 0.1) is 0 Å². The van der Waals surface area contributed by atoms with E-state index in [2.05, 4.69) is 45.3 Å². The molecular weight excluding hydrogens is 407 g/mol. The van der Waals surface area contributed by atoms with Gasteiger partial charge in [-0.15, -0.1) is 29.1 Å². The zero-order valence-electron chi connectivity index (χ0n) is 14.3. The number of hydrogen-bond acceptors (Lipinski definition) is 8. The predicted molar refractivity (Wildman–Crippen MR) is 111 cm³/mol. The van der Waals surface area contributed by atoms with Crippen molar-refractivity contribution >= 4 is 52.5 Å². The second-order valence-electron chi connectivity index (χ2n) is 6.02. The van der Waals surface area contributed by atoms with Crippen LogP contribution >= 0.6 is 25.3 Å². The fourth-order valence-corrected chi connectivity index (χ4v) is 3.66. The number of halogens is 1. The lowest BCUT2D eigenvalue weighted by Gasteiger charge is -2.37. The molecule has 0 N–H and O–H groups in total. The summed E-state index contributed by atoms with van der Waals surface area (Å²) in [6.07, 6.45) is 0. The number of hydrogen-bond donors (Lipinski definition) is 2. The van der Waals surface area contributed by atoms with Crippen molar-refractivity contribution in [3.63, 3.8) is 0 Å². The summed E-state index contributed by atoms with van der Waals surface area (Å²) in [4.78, 5) is 4.09. The van der Waals surface area contributed by atoms with Gasteiger partial charge in [0.25, 0.3) is 0 Å². The Morgan fingerprint density at radius 1 is 0.852 bits per heavy atom. The Morgan fingerprint density at radius 3 is 1.78 bits per heavy atom. The molecule has 0 amide bonds. The van der Waals surface area contributed by atoms with E-state index in [1.54, 1.807) is 0 Å². The molecular formula is C17H19FN4O2S3. The highest BCUT2D eigenvalue weighted by molar-refractivity contribution is 7.99. The maximum atomic E-state index is 12.9. The SMILES string of the molecule is O=S(=O)(F)c1ccc(N=Nc2ccc(N3CCN(C(S)S)CC3)cc2)cc1. The molecule has 0 atom stereocenters. The minimum atomic E-state index is -4.70. The van der Waals surface area contributed by atoms with Crippen molar-refractivity contribution in [3.8, 4) is 0 Å². The summed E-state index contributed by atoms with van der Waals surface area (Å²) in [5.74, 6) is 0. The molecule has 2 aromatic rings. The molecule has 3 rings (SSSR count). The standard InChI is InChI=1S/C17H19FN4O2S3/c18-27(23,24)16-7-3-14(4-8-16)20-19-13-1-5-15(6-2-13)21-9-11-22(12-10-21)17(25)26/h1-8,17,25-26H,9-12H2. The van der Waals surface area contributed by atoms with E-state index in [1.165, 1.54) is 12.1 Å². The molecule has 0 spiro atoms. The summed E-state index contributed by atoms with van der Waals surface area (Å²) in [5.41, 5.74) is 2.22. The largest absolute Gasteiger partial charge is 0.369 e. The molecule has 1 saturated heterocycles. The zero-order valence-corrected chi connectivity index (χ0v) is 16.9.